The molecular formula is C16H9ClF3N3O. The molecule has 24 heavy (non-hydrogen) atoms. The zero-order valence-electron chi connectivity index (χ0n) is 11.9. The summed E-state index contributed by atoms with van der Waals surface area (Å²) in [5, 5.41) is 10.5. The number of rotatable bonds is 2. The molecule has 8 heteroatoms. The molecule has 0 aliphatic rings. The van der Waals surface area contributed by atoms with E-state index in [0.717, 1.165) is 6.08 Å². The molecule has 0 spiro atoms. The van der Waals surface area contributed by atoms with Crippen LogP contribution in [0, 0.1) is 0 Å². The minimum Gasteiger partial charge on any atom is -0.507 e. The van der Waals surface area contributed by atoms with Crippen LogP contribution in [0.1, 0.15) is 17.0 Å². The summed E-state index contributed by atoms with van der Waals surface area (Å²) in [5.74, 6) is -0.387. The van der Waals surface area contributed by atoms with Crippen LogP contribution >= 0.6 is 11.6 Å². The molecule has 0 atom stereocenters. The third-order valence-electron chi connectivity index (χ3n) is 3.15. The lowest BCUT2D eigenvalue weighted by Gasteiger charge is -2.10. The number of alkyl halides is 3. The highest BCUT2D eigenvalue weighted by Crippen LogP contribution is 2.32. The number of nitrogens with zero attached hydrogens (tertiary/aromatic N) is 3. The van der Waals surface area contributed by atoms with Gasteiger partial charge in [-0.25, -0.2) is 15.0 Å². The van der Waals surface area contributed by atoms with E-state index in [-0.39, 0.29) is 16.9 Å². The average Bonchev–Trinajstić information content (AvgIpc) is 2.54. The first-order valence-electron chi connectivity index (χ1n) is 6.71. The van der Waals surface area contributed by atoms with E-state index in [9.17, 15) is 18.3 Å². The number of hydrogen-bond donors (Lipinski definition) is 1. The van der Waals surface area contributed by atoms with Gasteiger partial charge >= 0.3 is 6.18 Å². The molecule has 3 rings (SSSR count). The Kier molecular flexibility index (Phi) is 4.11. The van der Waals surface area contributed by atoms with E-state index in [1.165, 1.54) is 42.6 Å². The minimum absolute atomic E-state index is 0.0213. The third-order valence-corrected chi connectivity index (χ3v) is 3.40. The lowest BCUT2D eigenvalue weighted by Crippen LogP contribution is -2.12. The molecule has 1 aromatic carbocycles. The smallest absolute Gasteiger partial charge is 0.435 e. The van der Waals surface area contributed by atoms with Crippen LogP contribution in [0.25, 0.3) is 23.0 Å². The van der Waals surface area contributed by atoms with Gasteiger partial charge < -0.3 is 5.11 Å². The van der Waals surface area contributed by atoms with Gasteiger partial charge in [-0.1, -0.05) is 11.6 Å². The summed E-state index contributed by atoms with van der Waals surface area (Å²) in [6.07, 6.45) is -2.41. The Balaban J connectivity index is 2.16. The van der Waals surface area contributed by atoms with Crippen LogP contribution in [0.15, 0.2) is 42.6 Å². The Morgan fingerprint density at radius 2 is 1.79 bits per heavy atom. The van der Waals surface area contributed by atoms with Crippen molar-refractivity contribution < 1.29 is 18.3 Å². The quantitative estimate of drug-likeness (QED) is 0.677. The molecule has 0 radical (unpaired) electrons. The SMILES string of the molecule is O/C(=C\c1nc2ncccc2nc1C(F)(F)F)c1ccc(Cl)cc1. The zero-order valence-corrected chi connectivity index (χ0v) is 12.7. The molecule has 1 N–H and O–H groups in total. The van der Waals surface area contributed by atoms with Crippen molar-refractivity contribution in [2.24, 2.45) is 0 Å². The van der Waals surface area contributed by atoms with Crippen molar-refractivity contribution in [3.05, 3.63) is 64.6 Å². The second-order valence-electron chi connectivity index (χ2n) is 4.84. The van der Waals surface area contributed by atoms with Gasteiger partial charge in [0.25, 0.3) is 0 Å². The Morgan fingerprint density at radius 1 is 1.08 bits per heavy atom. The predicted octanol–water partition coefficient (Wildman–Crippen LogP) is 4.75. The van der Waals surface area contributed by atoms with E-state index in [0.29, 0.717) is 10.6 Å². The fraction of sp³-hybridized carbons (Fsp3) is 0.0625. The highest BCUT2D eigenvalue weighted by atomic mass is 35.5. The van der Waals surface area contributed by atoms with Gasteiger partial charge in [-0.3, -0.25) is 0 Å². The Bertz CT molecular complexity index is 924. The van der Waals surface area contributed by atoms with Crippen LogP contribution in [0.3, 0.4) is 0 Å². The summed E-state index contributed by atoms with van der Waals surface area (Å²) in [6, 6.07) is 8.84. The van der Waals surface area contributed by atoms with E-state index < -0.39 is 17.6 Å². The second-order valence-corrected chi connectivity index (χ2v) is 5.27. The normalized spacial score (nSPS) is 12.6. The fourth-order valence-corrected chi connectivity index (χ4v) is 2.18. The molecule has 2 heterocycles. The van der Waals surface area contributed by atoms with Gasteiger partial charge in [-0.15, -0.1) is 0 Å². The van der Waals surface area contributed by atoms with Gasteiger partial charge in [-0.05, 0) is 36.4 Å². The molecule has 0 amide bonds. The van der Waals surface area contributed by atoms with Crippen molar-refractivity contribution >= 4 is 34.6 Å². The number of aliphatic hydroxyl groups excluding tert-OH is 1. The number of aromatic nitrogens is 3. The minimum atomic E-state index is -4.72. The highest BCUT2D eigenvalue weighted by molar-refractivity contribution is 6.30. The largest absolute Gasteiger partial charge is 0.507 e. The number of halogens is 4. The van der Waals surface area contributed by atoms with Gasteiger partial charge in [0.2, 0.25) is 0 Å². The molecule has 0 aliphatic heterocycles. The van der Waals surface area contributed by atoms with Crippen LogP contribution in [0.2, 0.25) is 5.02 Å². The lowest BCUT2D eigenvalue weighted by molar-refractivity contribution is -0.141. The van der Waals surface area contributed by atoms with Gasteiger partial charge in [-0.2, -0.15) is 13.2 Å². The van der Waals surface area contributed by atoms with Crippen molar-refractivity contribution in [1.82, 2.24) is 15.0 Å². The lowest BCUT2D eigenvalue weighted by atomic mass is 10.1. The molecule has 0 unspecified atom stereocenters. The van der Waals surface area contributed by atoms with E-state index >= 15 is 0 Å². The summed E-state index contributed by atoms with van der Waals surface area (Å²) >= 11 is 5.75. The molecule has 2 aromatic heterocycles. The first kappa shape index (κ1) is 16.2. The number of benzene rings is 1. The molecule has 0 aliphatic carbocycles. The first-order chi connectivity index (χ1) is 11.3. The van der Waals surface area contributed by atoms with Crippen molar-refractivity contribution in [3.8, 4) is 0 Å². The maximum absolute atomic E-state index is 13.2. The van der Waals surface area contributed by atoms with Crippen molar-refractivity contribution in [2.75, 3.05) is 0 Å². The van der Waals surface area contributed by atoms with Crippen LogP contribution in [0.4, 0.5) is 13.2 Å². The average molecular weight is 352 g/mol. The van der Waals surface area contributed by atoms with E-state index in [1.54, 1.807) is 0 Å². The van der Waals surface area contributed by atoms with Crippen molar-refractivity contribution in [1.29, 1.82) is 0 Å². The van der Waals surface area contributed by atoms with Crippen LogP contribution in [-0.4, -0.2) is 20.1 Å². The topological polar surface area (TPSA) is 58.9 Å². The summed E-state index contributed by atoms with van der Waals surface area (Å²) in [6.45, 7) is 0. The van der Waals surface area contributed by atoms with Crippen LogP contribution in [0.5, 0.6) is 0 Å². The Morgan fingerprint density at radius 3 is 2.46 bits per heavy atom. The van der Waals surface area contributed by atoms with Crippen molar-refractivity contribution in [2.45, 2.75) is 6.18 Å². The number of pyridine rings is 1. The van der Waals surface area contributed by atoms with Gasteiger partial charge in [0.05, 0.1) is 0 Å². The molecule has 0 bridgehead atoms. The summed E-state index contributed by atoms with van der Waals surface area (Å²) in [4.78, 5) is 11.3. The molecule has 0 saturated heterocycles. The number of aliphatic hydroxyl groups is 1. The molecule has 0 fully saturated rings. The Hall–Kier alpha value is -2.67. The van der Waals surface area contributed by atoms with Gasteiger partial charge in [0.15, 0.2) is 11.3 Å². The number of fused-ring (bicyclic) bond motifs is 1. The summed E-state index contributed by atoms with van der Waals surface area (Å²) < 4.78 is 39.7. The monoisotopic (exact) mass is 351 g/mol. The van der Waals surface area contributed by atoms with Crippen molar-refractivity contribution in [3.63, 3.8) is 0 Å². The molecular weight excluding hydrogens is 343 g/mol. The predicted molar refractivity (Wildman–Crippen MR) is 84.3 cm³/mol. The zero-order chi connectivity index (χ0) is 17.3. The van der Waals surface area contributed by atoms with Gasteiger partial charge in [0, 0.05) is 22.9 Å². The summed E-state index contributed by atoms with van der Waals surface area (Å²) in [5.41, 5.74) is -1.33. The second kappa shape index (κ2) is 6.09. The third kappa shape index (κ3) is 3.30. The van der Waals surface area contributed by atoms with E-state index in [1.807, 2.05) is 0 Å². The van der Waals surface area contributed by atoms with E-state index in [4.69, 9.17) is 11.6 Å². The number of hydrogen-bond acceptors (Lipinski definition) is 4. The molecule has 3 aromatic rings. The van der Waals surface area contributed by atoms with Crippen LogP contribution < -0.4 is 0 Å². The maximum atomic E-state index is 13.2. The first-order valence-corrected chi connectivity index (χ1v) is 7.09. The standard InChI is InChI=1S/C16H9ClF3N3O/c17-10-5-3-9(4-6-10)13(24)8-12-14(16(18,19)20)22-11-2-1-7-21-15(11)23-12/h1-8,24H/b13-8-. The fourth-order valence-electron chi connectivity index (χ4n) is 2.05. The molecule has 4 nitrogen and oxygen atoms in total. The van der Waals surface area contributed by atoms with E-state index in [2.05, 4.69) is 15.0 Å². The molecule has 122 valence electrons. The Labute approximate surface area is 139 Å². The highest BCUT2D eigenvalue weighted by Gasteiger charge is 2.36. The van der Waals surface area contributed by atoms with Crippen LogP contribution in [-0.2, 0) is 6.18 Å². The molecule has 0 saturated carbocycles. The summed E-state index contributed by atoms with van der Waals surface area (Å²) in [7, 11) is 0. The van der Waals surface area contributed by atoms with Gasteiger partial charge in [0.1, 0.15) is 17.0 Å². The maximum Gasteiger partial charge on any atom is 0.435 e.